The summed E-state index contributed by atoms with van der Waals surface area (Å²) in [6, 6.07) is 10.7. The van der Waals surface area contributed by atoms with E-state index >= 15 is 0 Å². The minimum Gasteiger partial charge on any atom is -0.495 e. The Hall–Kier alpha value is -3.76. The van der Waals surface area contributed by atoms with Gasteiger partial charge in [0.05, 0.1) is 24.4 Å². The average molecular weight is 430 g/mol. The Morgan fingerprint density at radius 1 is 1.13 bits per heavy atom. The Morgan fingerprint density at radius 2 is 1.84 bits per heavy atom. The summed E-state index contributed by atoms with van der Waals surface area (Å²) in [5.41, 5.74) is 0.538. The lowest BCUT2D eigenvalue weighted by Gasteiger charge is -2.30. The number of benzene rings is 2. The molecule has 0 spiro atoms. The lowest BCUT2D eigenvalue weighted by Crippen LogP contribution is -2.39. The number of rotatable bonds is 4. The van der Waals surface area contributed by atoms with E-state index in [0.717, 1.165) is 12.1 Å². The molecule has 2 aromatic carbocycles. The first-order chi connectivity index (χ1) is 14.8. The summed E-state index contributed by atoms with van der Waals surface area (Å²) < 4.78 is 45.6. The zero-order valence-electron chi connectivity index (χ0n) is 16.5. The Bertz CT molecular complexity index is 1140. The van der Waals surface area contributed by atoms with Crippen molar-refractivity contribution in [3.63, 3.8) is 0 Å². The average Bonchev–Trinajstić information content (AvgIpc) is 3.20. The molecule has 0 fully saturated rings. The van der Waals surface area contributed by atoms with Gasteiger partial charge in [0.2, 0.25) is 5.91 Å². The van der Waals surface area contributed by atoms with Crippen LogP contribution >= 0.6 is 0 Å². The van der Waals surface area contributed by atoms with Crippen LogP contribution in [0.15, 0.2) is 53.5 Å². The fourth-order valence-corrected chi connectivity index (χ4v) is 3.53. The van der Waals surface area contributed by atoms with Crippen molar-refractivity contribution >= 4 is 23.3 Å². The number of nitrogens with zero attached hydrogens (tertiary/aromatic N) is 5. The van der Waals surface area contributed by atoms with Crippen molar-refractivity contribution in [1.29, 1.82) is 0 Å². The van der Waals surface area contributed by atoms with Gasteiger partial charge in [0.15, 0.2) is 0 Å². The summed E-state index contributed by atoms with van der Waals surface area (Å²) in [4.78, 5) is 17.6. The molecule has 2 unspecified atom stereocenters. The molecule has 31 heavy (non-hydrogen) atoms. The van der Waals surface area contributed by atoms with Crippen LogP contribution in [0.2, 0.25) is 0 Å². The highest BCUT2D eigenvalue weighted by Crippen LogP contribution is 2.37. The van der Waals surface area contributed by atoms with Crippen LogP contribution in [0.1, 0.15) is 24.1 Å². The third kappa shape index (κ3) is 3.86. The predicted molar refractivity (Wildman–Crippen MR) is 105 cm³/mol. The molecular formula is C20H17F3N6O2. The second-order valence-electron chi connectivity index (χ2n) is 6.91. The Labute approximate surface area is 174 Å². The predicted octanol–water partition coefficient (Wildman–Crippen LogP) is 3.65. The molecule has 2 atom stereocenters. The highest BCUT2D eigenvalue weighted by molar-refractivity contribution is 6.10. The lowest BCUT2D eigenvalue weighted by atomic mass is 9.87. The van der Waals surface area contributed by atoms with E-state index in [0.29, 0.717) is 22.7 Å². The van der Waals surface area contributed by atoms with Gasteiger partial charge in [0.1, 0.15) is 11.7 Å². The maximum atomic E-state index is 13.3. The van der Waals surface area contributed by atoms with E-state index in [1.165, 1.54) is 23.9 Å². The summed E-state index contributed by atoms with van der Waals surface area (Å²) >= 11 is 0. The van der Waals surface area contributed by atoms with Gasteiger partial charge in [0, 0.05) is 5.71 Å². The zero-order valence-corrected chi connectivity index (χ0v) is 16.5. The molecule has 1 aromatic heterocycles. The topological polar surface area (TPSA) is 94.3 Å². The molecular weight excluding hydrogens is 413 g/mol. The van der Waals surface area contributed by atoms with E-state index in [2.05, 4.69) is 25.8 Å². The third-order valence-corrected chi connectivity index (χ3v) is 5.01. The molecule has 0 saturated heterocycles. The van der Waals surface area contributed by atoms with Crippen LogP contribution in [0, 0.1) is 5.92 Å². The molecule has 0 bridgehead atoms. The number of alkyl halides is 3. The highest BCUT2D eigenvalue weighted by atomic mass is 19.4. The summed E-state index contributed by atoms with van der Waals surface area (Å²) in [5, 5.41) is 14.2. The van der Waals surface area contributed by atoms with E-state index in [-0.39, 0.29) is 5.95 Å². The number of fused-ring (bicyclic) bond motifs is 1. The van der Waals surface area contributed by atoms with Crippen LogP contribution in [0.4, 0.5) is 24.8 Å². The molecule has 8 nitrogen and oxygen atoms in total. The van der Waals surface area contributed by atoms with E-state index < -0.39 is 29.6 Å². The van der Waals surface area contributed by atoms with Gasteiger partial charge in [-0.25, -0.2) is 9.67 Å². The number of carbonyl (C=O) groups is 1. The number of ether oxygens (including phenoxy) is 1. The van der Waals surface area contributed by atoms with Crippen LogP contribution in [-0.4, -0.2) is 38.9 Å². The van der Waals surface area contributed by atoms with Gasteiger partial charge in [-0.3, -0.25) is 4.79 Å². The minimum atomic E-state index is -4.47. The van der Waals surface area contributed by atoms with Gasteiger partial charge in [-0.2, -0.15) is 13.2 Å². The molecule has 11 heteroatoms. The largest absolute Gasteiger partial charge is 0.495 e. The molecule has 0 aliphatic carbocycles. The smallest absolute Gasteiger partial charge is 0.416 e. The molecule has 0 radical (unpaired) electrons. The van der Waals surface area contributed by atoms with Crippen molar-refractivity contribution in [1.82, 2.24) is 20.2 Å². The van der Waals surface area contributed by atoms with E-state index in [9.17, 15) is 18.0 Å². The third-order valence-electron chi connectivity index (χ3n) is 5.01. The van der Waals surface area contributed by atoms with Gasteiger partial charge in [-0.05, 0) is 47.2 Å². The molecule has 1 amide bonds. The van der Waals surface area contributed by atoms with Gasteiger partial charge in [-0.15, -0.1) is 0 Å². The Balaban J connectivity index is 1.73. The number of tetrazole rings is 1. The number of aromatic nitrogens is 4. The zero-order chi connectivity index (χ0) is 22.2. The summed E-state index contributed by atoms with van der Waals surface area (Å²) in [6.07, 6.45) is -4.47. The lowest BCUT2D eigenvalue weighted by molar-refractivity contribution is -0.137. The quantitative estimate of drug-likeness (QED) is 0.682. The number of amides is 1. The summed E-state index contributed by atoms with van der Waals surface area (Å²) in [7, 11) is 1.48. The van der Waals surface area contributed by atoms with Crippen LogP contribution in [0.3, 0.4) is 0 Å². The molecule has 1 aliphatic rings. The fraction of sp³-hybridized carbons (Fsp3) is 0.250. The number of halogens is 3. The van der Waals surface area contributed by atoms with E-state index in [1.54, 1.807) is 31.2 Å². The second kappa shape index (κ2) is 7.82. The molecule has 0 saturated carbocycles. The van der Waals surface area contributed by atoms with Gasteiger partial charge in [-0.1, -0.05) is 29.4 Å². The number of para-hydroxylation sites is 2. The minimum absolute atomic E-state index is 0.170. The first-order valence-corrected chi connectivity index (χ1v) is 9.23. The number of aliphatic imine (C=N–C) groups is 1. The highest BCUT2D eigenvalue weighted by Gasteiger charge is 2.40. The number of nitrogens with one attached hydrogen (secondary N) is 1. The maximum absolute atomic E-state index is 13.3. The first kappa shape index (κ1) is 20.5. The van der Waals surface area contributed by atoms with Crippen molar-refractivity contribution in [2.45, 2.75) is 19.1 Å². The van der Waals surface area contributed by atoms with Crippen molar-refractivity contribution in [2.24, 2.45) is 10.9 Å². The standard InChI is InChI=1S/C20H17F3N6O2/c1-11-16(18(30)25-14-5-3-4-6-15(14)31-2)17(29-19(24-11)26-27-28-29)12-7-9-13(10-8-12)20(21,22)23/h3-10,16-17H,1-2H3,(H,25,30). The molecule has 1 N–H and O–H groups in total. The SMILES string of the molecule is COc1ccccc1NC(=O)C1C(C)=Nc2nnnn2C1c1ccc(C(F)(F)F)cc1. The van der Waals surface area contributed by atoms with E-state index in [1.807, 2.05) is 0 Å². The monoisotopic (exact) mass is 430 g/mol. The van der Waals surface area contributed by atoms with Crippen molar-refractivity contribution in [3.05, 3.63) is 59.7 Å². The Kier molecular flexibility index (Phi) is 5.17. The van der Waals surface area contributed by atoms with Crippen molar-refractivity contribution in [3.8, 4) is 5.75 Å². The number of methoxy groups -OCH3 is 1. The Morgan fingerprint density at radius 3 is 2.52 bits per heavy atom. The van der Waals surface area contributed by atoms with Gasteiger partial charge in [0.25, 0.3) is 5.95 Å². The number of anilines is 1. The second-order valence-corrected chi connectivity index (χ2v) is 6.91. The van der Waals surface area contributed by atoms with Crippen LogP contribution in [0.5, 0.6) is 5.75 Å². The van der Waals surface area contributed by atoms with E-state index in [4.69, 9.17) is 4.74 Å². The van der Waals surface area contributed by atoms with Crippen LogP contribution in [-0.2, 0) is 11.0 Å². The number of carbonyl (C=O) groups excluding carboxylic acids is 1. The molecule has 4 rings (SSSR count). The van der Waals surface area contributed by atoms with Crippen molar-refractivity contribution in [2.75, 3.05) is 12.4 Å². The fourth-order valence-electron chi connectivity index (χ4n) is 3.53. The van der Waals surface area contributed by atoms with Crippen molar-refractivity contribution < 1.29 is 22.7 Å². The van der Waals surface area contributed by atoms with Crippen LogP contribution < -0.4 is 10.1 Å². The maximum Gasteiger partial charge on any atom is 0.416 e. The normalized spacial score (nSPS) is 18.2. The first-order valence-electron chi connectivity index (χ1n) is 9.23. The number of hydrogen-bond donors (Lipinski definition) is 1. The van der Waals surface area contributed by atoms with Gasteiger partial charge < -0.3 is 10.1 Å². The molecule has 2 heterocycles. The summed E-state index contributed by atoms with van der Waals surface area (Å²) in [5.74, 6) is -0.645. The molecule has 160 valence electrons. The molecule has 1 aliphatic heterocycles. The van der Waals surface area contributed by atoms with Gasteiger partial charge >= 0.3 is 6.18 Å². The van der Waals surface area contributed by atoms with Crippen LogP contribution in [0.25, 0.3) is 0 Å². The number of hydrogen-bond acceptors (Lipinski definition) is 6. The summed E-state index contributed by atoms with van der Waals surface area (Å²) in [6.45, 7) is 1.65. The molecule has 3 aromatic rings.